The molecule has 2 aromatic carbocycles. The van der Waals surface area contributed by atoms with E-state index in [0.717, 1.165) is 0 Å². The average molecular weight is 418 g/mol. The van der Waals surface area contributed by atoms with Gasteiger partial charge in [-0.15, -0.1) is 0 Å². The zero-order valence-electron chi connectivity index (χ0n) is 14.8. The molecule has 1 atom stereocenters. The molecule has 0 saturated heterocycles. The van der Waals surface area contributed by atoms with Crippen LogP contribution in [-0.4, -0.2) is 33.0 Å². The summed E-state index contributed by atoms with van der Waals surface area (Å²) in [6, 6.07) is 15.2. The minimum atomic E-state index is -4.28. The largest absolute Gasteiger partial charge is 0.455 e. The van der Waals surface area contributed by atoms with Gasteiger partial charge in [0.1, 0.15) is 6.10 Å². The maximum atomic E-state index is 13.7. The standard InChI is InChI=1S/C20H18O6S2/c21-19-13-15-14-20(12-11-18(15)26-19,27(22,23)16-7-3-1-4-8-16)28(24,25)17-9-5-2-6-10-17/h1-10,13,18H,11-12,14H2. The van der Waals surface area contributed by atoms with E-state index in [4.69, 9.17) is 4.74 Å². The highest BCUT2D eigenvalue weighted by atomic mass is 32.3. The number of hydrogen-bond donors (Lipinski definition) is 0. The summed E-state index contributed by atoms with van der Waals surface area (Å²) < 4.78 is 57.7. The highest BCUT2D eigenvalue weighted by Gasteiger charge is 2.59. The van der Waals surface area contributed by atoms with Crippen LogP contribution in [0.25, 0.3) is 0 Å². The summed E-state index contributed by atoms with van der Waals surface area (Å²) in [6.45, 7) is 0. The van der Waals surface area contributed by atoms with Crippen molar-refractivity contribution in [2.75, 3.05) is 0 Å². The summed E-state index contributed by atoms with van der Waals surface area (Å²) in [4.78, 5) is 11.5. The van der Waals surface area contributed by atoms with E-state index in [1.54, 1.807) is 36.4 Å². The summed E-state index contributed by atoms with van der Waals surface area (Å²) >= 11 is 0. The molecule has 28 heavy (non-hydrogen) atoms. The molecule has 0 bridgehead atoms. The summed E-state index contributed by atoms with van der Waals surface area (Å²) in [7, 11) is -8.56. The first-order valence-corrected chi connectivity index (χ1v) is 11.7. The second kappa shape index (κ2) is 6.56. The van der Waals surface area contributed by atoms with Gasteiger partial charge in [-0.1, -0.05) is 36.4 Å². The van der Waals surface area contributed by atoms with Crippen LogP contribution >= 0.6 is 0 Å². The van der Waals surface area contributed by atoms with Gasteiger partial charge in [-0.25, -0.2) is 21.6 Å². The van der Waals surface area contributed by atoms with Gasteiger partial charge in [-0.05, 0) is 42.7 Å². The Hall–Kier alpha value is -2.45. The van der Waals surface area contributed by atoms with Gasteiger partial charge in [0.15, 0.2) is 23.8 Å². The quantitative estimate of drug-likeness (QED) is 0.709. The van der Waals surface area contributed by atoms with Gasteiger partial charge < -0.3 is 4.74 Å². The number of fused-ring (bicyclic) bond motifs is 1. The molecule has 0 radical (unpaired) electrons. The summed E-state index contributed by atoms with van der Waals surface area (Å²) in [5.41, 5.74) is 0.412. The van der Waals surface area contributed by atoms with E-state index in [9.17, 15) is 21.6 Å². The fraction of sp³-hybridized carbons (Fsp3) is 0.250. The second-order valence-electron chi connectivity index (χ2n) is 6.90. The van der Waals surface area contributed by atoms with Crippen molar-refractivity contribution in [3.05, 3.63) is 72.3 Å². The Morgan fingerprint density at radius 2 is 1.32 bits per heavy atom. The molecule has 4 rings (SSSR count). The van der Waals surface area contributed by atoms with Crippen molar-refractivity contribution in [2.24, 2.45) is 0 Å². The van der Waals surface area contributed by atoms with Crippen LogP contribution in [0.15, 0.2) is 82.1 Å². The molecule has 0 N–H and O–H groups in total. The molecule has 1 aliphatic heterocycles. The molecule has 2 aromatic rings. The van der Waals surface area contributed by atoms with Gasteiger partial charge in [0.25, 0.3) is 0 Å². The molecule has 0 amide bonds. The molecule has 1 fully saturated rings. The molecule has 2 aliphatic rings. The molecular formula is C20H18O6S2. The smallest absolute Gasteiger partial charge is 0.331 e. The van der Waals surface area contributed by atoms with Gasteiger partial charge in [0.2, 0.25) is 0 Å². The first-order valence-electron chi connectivity index (χ1n) is 8.78. The molecule has 146 valence electrons. The highest BCUT2D eigenvalue weighted by Crippen LogP contribution is 2.49. The SMILES string of the molecule is O=C1C=C2CC(S(=O)(=O)c3ccccc3)(S(=O)(=O)c3ccccc3)CCC2O1. The van der Waals surface area contributed by atoms with Gasteiger partial charge in [0.05, 0.1) is 9.79 Å². The number of carbonyl (C=O) groups excluding carboxylic acids is 1. The molecule has 0 spiro atoms. The maximum absolute atomic E-state index is 13.7. The molecule has 1 aliphatic carbocycles. The van der Waals surface area contributed by atoms with E-state index in [1.165, 1.54) is 30.3 Å². The Kier molecular flexibility index (Phi) is 4.43. The third-order valence-corrected chi connectivity index (χ3v) is 11.1. The van der Waals surface area contributed by atoms with Crippen molar-refractivity contribution in [1.29, 1.82) is 0 Å². The topological polar surface area (TPSA) is 94.6 Å². The number of carbonyl (C=O) groups is 1. The maximum Gasteiger partial charge on any atom is 0.331 e. The molecule has 0 aromatic heterocycles. The van der Waals surface area contributed by atoms with Crippen LogP contribution in [0.5, 0.6) is 0 Å². The monoisotopic (exact) mass is 418 g/mol. The average Bonchev–Trinajstić information content (AvgIpc) is 3.08. The lowest BCUT2D eigenvalue weighted by Crippen LogP contribution is -2.50. The van der Waals surface area contributed by atoms with Crippen LogP contribution in [0.4, 0.5) is 0 Å². The summed E-state index contributed by atoms with van der Waals surface area (Å²) in [6.07, 6.45) is 0.349. The van der Waals surface area contributed by atoms with Crippen LogP contribution in [-0.2, 0) is 29.2 Å². The predicted molar refractivity (Wildman–Crippen MR) is 102 cm³/mol. The van der Waals surface area contributed by atoms with Gasteiger partial charge in [0, 0.05) is 12.5 Å². The van der Waals surface area contributed by atoms with E-state index in [1.807, 2.05) is 0 Å². The van der Waals surface area contributed by atoms with Crippen molar-refractivity contribution < 1.29 is 26.4 Å². The first-order chi connectivity index (χ1) is 13.3. The Morgan fingerprint density at radius 3 is 1.82 bits per heavy atom. The number of esters is 1. The van der Waals surface area contributed by atoms with E-state index < -0.39 is 35.8 Å². The van der Waals surface area contributed by atoms with E-state index in [0.29, 0.717) is 5.57 Å². The van der Waals surface area contributed by atoms with E-state index in [-0.39, 0.29) is 29.1 Å². The lowest BCUT2D eigenvalue weighted by Gasteiger charge is -2.38. The zero-order chi connectivity index (χ0) is 20.0. The van der Waals surface area contributed by atoms with Gasteiger partial charge in [-0.3, -0.25) is 0 Å². The predicted octanol–water partition coefficient (Wildman–Crippen LogP) is 2.67. The molecular weight excluding hydrogens is 400 g/mol. The number of rotatable bonds is 4. The zero-order valence-corrected chi connectivity index (χ0v) is 16.4. The Balaban J connectivity index is 1.95. The second-order valence-corrected chi connectivity index (χ2v) is 11.7. The van der Waals surface area contributed by atoms with Crippen LogP contribution in [0.2, 0.25) is 0 Å². The normalized spacial score (nSPS) is 21.5. The molecule has 6 nitrogen and oxygen atoms in total. The minimum Gasteiger partial charge on any atom is -0.455 e. The molecule has 1 saturated carbocycles. The van der Waals surface area contributed by atoms with Crippen molar-refractivity contribution in [2.45, 2.75) is 39.2 Å². The Labute approximate surface area is 163 Å². The third-order valence-electron chi connectivity index (χ3n) is 5.32. The number of ether oxygens (including phenoxy) is 1. The van der Waals surface area contributed by atoms with E-state index >= 15 is 0 Å². The number of sulfone groups is 2. The Morgan fingerprint density at radius 1 is 0.821 bits per heavy atom. The van der Waals surface area contributed by atoms with Crippen LogP contribution in [0.1, 0.15) is 19.3 Å². The van der Waals surface area contributed by atoms with Gasteiger partial charge >= 0.3 is 5.97 Å². The summed E-state index contributed by atoms with van der Waals surface area (Å²) in [5, 5.41) is 0. The number of hydrogen-bond acceptors (Lipinski definition) is 6. The van der Waals surface area contributed by atoms with Crippen molar-refractivity contribution in [3.63, 3.8) is 0 Å². The highest BCUT2D eigenvalue weighted by molar-refractivity contribution is 8.10. The summed E-state index contributed by atoms with van der Waals surface area (Å²) in [5.74, 6) is -0.565. The minimum absolute atomic E-state index is 0.0567. The fourth-order valence-electron chi connectivity index (χ4n) is 3.89. The molecule has 8 heteroatoms. The first kappa shape index (κ1) is 18.9. The van der Waals surface area contributed by atoms with Crippen molar-refractivity contribution in [3.8, 4) is 0 Å². The van der Waals surface area contributed by atoms with Crippen LogP contribution < -0.4 is 0 Å². The van der Waals surface area contributed by atoms with Crippen molar-refractivity contribution in [1.82, 2.24) is 0 Å². The molecule has 1 unspecified atom stereocenters. The lowest BCUT2D eigenvalue weighted by molar-refractivity contribution is -0.139. The van der Waals surface area contributed by atoms with Crippen LogP contribution in [0.3, 0.4) is 0 Å². The molecule has 1 heterocycles. The van der Waals surface area contributed by atoms with E-state index in [2.05, 4.69) is 0 Å². The van der Waals surface area contributed by atoms with Crippen molar-refractivity contribution >= 4 is 25.6 Å². The lowest BCUT2D eigenvalue weighted by atomic mass is 9.92. The Bertz CT molecular complexity index is 1080. The van der Waals surface area contributed by atoms with Crippen LogP contribution in [0, 0.1) is 0 Å². The number of benzene rings is 2. The van der Waals surface area contributed by atoms with Gasteiger partial charge in [-0.2, -0.15) is 0 Å². The third kappa shape index (κ3) is 2.70. The fourth-order valence-corrected chi connectivity index (χ4v) is 9.00.